The number of amides is 2. The van der Waals surface area contributed by atoms with Gasteiger partial charge >= 0.3 is 0 Å². The Labute approximate surface area is 155 Å². The summed E-state index contributed by atoms with van der Waals surface area (Å²) in [5, 5.41) is 10.0. The molecule has 3 heterocycles. The molecule has 4 atom stereocenters. The lowest BCUT2D eigenvalue weighted by Gasteiger charge is -2.44. The van der Waals surface area contributed by atoms with E-state index in [1.165, 1.54) is 6.42 Å². The Balaban J connectivity index is 1.60. The number of carbonyl (C=O) groups is 2. The van der Waals surface area contributed by atoms with Gasteiger partial charge < -0.3 is 24.4 Å². The fraction of sp³-hybridized carbons (Fsp3) is 0.895. The van der Waals surface area contributed by atoms with Crippen molar-refractivity contribution >= 4 is 11.8 Å². The number of hydrogen-bond donors (Lipinski definition) is 1. The first kappa shape index (κ1) is 19.6. The van der Waals surface area contributed by atoms with Crippen LogP contribution in [0.5, 0.6) is 0 Å². The predicted molar refractivity (Wildman–Crippen MR) is 95.6 cm³/mol. The zero-order chi connectivity index (χ0) is 18.5. The number of aliphatic hydroxyl groups is 1. The molecule has 3 fully saturated rings. The number of fused-ring (bicyclic) bond motifs is 1. The first-order valence-corrected chi connectivity index (χ1v) is 10.1. The minimum Gasteiger partial charge on any atom is -0.389 e. The molecule has 148 valence electrons. The van der Waals surface area contributed by atoms with Gasteiger partial charge in [-0.3, -0.25) is 9.59 Å². The third kappa shape index (κ3) is 4.75. The summed E-state index contributed by atoms with van der Waals surface area (Å²) in [5.41, 5.74) is 0. The second kappa shape index (κ2) is 9.15. The van der Waals surface area contributed by atoms with Crippen LogP contribution in [0, 0.1) is 0 Å². The van der Waals surface area contributed by atoms with Crippen molar-refractivity contribution in [3.8, 4) is 0 Å². The number of rotatable bonds is 3. The van der Waals surface area contributed by atoms with E-state index in [0.29, 0.717) is 19.4 Å². The van der Waals surface area contributed by atoms with E-state index in [1.807, 2.05) is 11.8 Å². The van der Waals surface area contributed by atoms with Gasteiger partial charge in [-0.25, -0.2) is 0 Å². The van der Waals surface area contributed by atoms with E-state index in [4.69, 9.17) is 9.47 Å². The summed E-state index contributed by atoms with van der Waals surface area (Å²) >= 11 is 0. The number of likely N-dealkylation sites (tertiary alicyclic amines) is 1. The summed E-state index contributed by atoms with van der Waals surface area (Å²) in [4.78, 5) is 28.6. The van der Waals surface area contributed by atoms with Gasteiger partial charge in [0.1, 0.15) is 6.10 Å². The third-order valence-corrected chi connectivity index (χ3v) is 5.71. The maximum absolute atomic E-state index is 12.5. The average Bonchev–Trinajstić information content (AvgIpc) is 2.65. The number of carbonyl (C=O) groups excluding carboxylic acids is 2. The zero-order valence-electron chi connectivity index (χ0n) is 15.8. The van der Waals surface area contributed by atoms with Crippen molar-refractivity contribution in [2.24, 2.45) is 0 Å². The number of nitrogens with zero attached hydrogens (tertiary/aromatic N) is 2. The largest absolute Gasteiger partial charge is 0.389 e. The first-order valence-electron chi connectivity index (χ1n) is 10.1. The van der Waals surface area contributed by atoms with Crippen LogP contribution in [-0.2, 0) is 19.1 Å². The van der Waals surface area contributed by atoms with Crippen LogP contribution < -0.4 is 0 Å². The van der Waals surface area contributed by atoms with E-state index in [0.717, 1.165) is 38.8 Å². The molecular weight excluding hydrogens is 336 g/mol. The van der Waals surface area contributed by atoms with E-state index in [1.54, 1.807) is 4.90 Å². The number of hydrogen-bond acceptors (Lipinski definition) is 5. The molecule has 3 rings (SSSR count). The summed E-state index contributed by atoms with van der Waals surface area (Å²) in [5.74, 6) is 0.212. The highest BCUT2D eigenvalue weighted by Crippen LogP contribution is 2.28. The quantitative estimate of drug-likeness (QED) is 0.802. The summed E-state index contributed by atoms with van der Waals surface area (Å²) in [6, 6.07) is -0.0845. The molecule has 3 aliphatic heterocycles. The van der Waals surface area contributed by atoms with Crippen molar-refractivity contribution in [1.82, 2.24) is 9.80 Å². The summed E-state index contributed by atoms with van der Waals surface area (Å²) < 4.78 is 11.8. The van der Waals surface area contributed by atoms with E-state index in [9.17, 15) is 14.7 Å². The van der Waals surface area contributed by atoms with Crippen molar-refractivity contribution in [3.63, 3.8) is 0 Å². The highest BCUT2D eigenvalue weighted by atomic mass is 16.5. The van der Waals surface area contributed by atoms with Gasteiger partial charge in [0.05, 0.1) is 37.9 Å². The van der Waals surface area contributed by atoms with Crippen molar-refractivity contribution in [2.45, 2.75) is 76.2 Å². The van der Waals surface area contributed by atoms with E-state index in [2.05, 4.69) is 0 Å². The van der Waals surface area contributed by atoms with Crippen LogP contribution in [0.15, 0.2) is 0 Å². The Morgan fingerprint density at radius 1 is 1.08 bits per heavy atom. The Bertz CT molecular complexity index is 494. The van der Waals surface area contributed by atoms with Gasteiger partial charge in [0.2, 0.25) is 11.8 Å². The van der Waals surface area contributed by atoms with Crippen LogP contribution in [0.2, 0.25) is 0 Å². The van der Waals surface area contributed by atoms with Gasteiger partial charge in [0, 0.05) is 26.1 Å². The van der Waals surface area contributed by atoms with Gasteiger partial charge in [-0.15, -0.1) is 0 Å². The second-order valence-corrected chi connectivity index (χ2v) is 7.68. The molecule has 0 unspecified atom stereocenters. The normalized spacial score (nSPS) is 33.2. The van der Waals surface area contributed by atoms with E-state index in [-0.39, 0.29) is 43.2 Å². The molecule has 0 aromatic rings. The maximum atomic E-state index is 12.5. The van der Waals surface area contributed by atoms with Gasteiger partial charge in [-0.2, -0.15) is 0 Å². The minimum absolute atomic E-state index is 0.0346. The van der Waals surface area contributed by atoms with Crippen LogP contribution in [-0.4, -0.2) is 83.9 Å². The zero-order valence-corrected chi connectivity index (χ0v) is 15.8. The van der Waals surface area contributed by atoms with Crippen molar-refractivity contribution in [1.29, 1.82) is 0 Å². The first-order chi connectivity index (χ1) is 12.6. The maximum Gasteiger partial charge on any atom is 0.225 e. The highest BCUT2D eigenvalue weighted by Gasteiger charge is 2.39. The standard InChI is InChI=1S/C19H32N2O5/c1-2-18(23)21-11-14(22)12-25-13-17-16(21)7-6-15(26-17)10-19(24)20-8-4-3-5-9-20/h14-17,22H,2-13H2,1H3/t14-,15-,16+,17-/m0/s1. The molecule has 0 aliphatic carbocycles. The Morgan fingerprint density at radius 3 is 2.58 bits per heavy atom. The minimum atomic E-state index is -0.662. The number of β-amino-alcohol motifs (C(OH)–C–C–N with tert-alkyl or cyclic N) is 1. The predicted octanol–water partition coefficient (Wildman–Crippen LogP) is 0.935. The molecule has 0 aromatic heterocycles. The molecule has 7 nitrogen and oxygen atoms in total. The molecule has 0 saturated carbocycles. The fourth-order valence-electron chi connectivity index (χ4n) is 4.30. The van der Waals surface area contributed by atoms with Crippen LogP contribution in [0.25, 0.3) is 0 Å². The molecule has 0 radical (unpaired) electrons. The van der Waals surface area contributed by atoms with Crippen molar-refractivity contribution in [3.05, 3.63) is 0 Å². The highest BCUT2D eigenvalue weighted by molar-refractivity contribution is 5.77. The van der Waals surface area contributed by atoms with E-state index >= 15 is 0 Å². The lowest BCUT2D eigenvalue weighted by molar-refractivity contribution is -0.170. The van der Waals surface area contributed by atoms with Crippen LogP contribution >= 0.6 is 0 Å². The van der Waals surface area contributed by atoms with Gasteiger partial charge in [0.15, 0.2) is 0 Å². The van der Waals surface area contributed by atoms with Gasteiger partial charge in [-0.1, -0.05) is 6.92 Å². The monoisotopic (exact) mass is 368 g/mol. The van der Waals surface area contributed by atoms with E-state index < -0.39 is 6.10 Å². The molecular formula is C19H32N2O5. The van der Waals surface area contributed by atoms with Gasteiger partial charge in [0.25, 0.3) is 0 Å². The van der Waals surface area contributed by atoms with Crippen LogP contribution in [0.3, 0.4) is 0 Å². The molecule has 0 bridgehead atoms. The smallest absolute Gasteiger partial charge is 0.225 e. The Kier molecular flexibility index (Phi) is 6.89. The summed E-state index contributed by atoms with van der Waals surface area (Å²) in [7, 11) is 0. The summed E-state index contributed by atoms with van der Waals surface area (Å²) in [6.45, 7) is 4.40. The fourth-order valence-corrected chi connectivity index (χ4v) is 4.30. The third-order valence-electron chi connectivity index (χ3n) is 5.71. The molecule has 2 amide bonds. The van der Waals surface area contributed by atoms with Crippen LogP contribution in [0.4, 0.5) is 0 Å². The lowest BCUT2D eigenvalue weighted by Crippen LogP contribution is -2.57. The number of aliphatic hydroxyl groups excluding tert-OH is 1. The van der Waals surface area contributed by atoms with Gasteiger partial charge in [-0.05, 0) is 32.1 Å². The Hall–Kier alpha value is -1.18. The SMILES string of the molecule is CCC(=O)N1C[C@H](O)COC[C@@H]2O[C@H](CC(=O)N3CCCCC3)CC[C@H]21. The van der Waals surface area contributed by atoms with Crippen molar-refractivity contribution in [2.75, 3.05) is 32.8 Å². The van der Waals surface area contributed by atoms with Crippen LogP contribution in [0.1, 0.15) is 51.9 Å². The molecule has 0 aromatic carbocycles. The summed E-state index contributed by atoms with van der Waals surface area (Å²) in [6.07, 6.45) is 4.74. The number of ether oxygens (including phenoxy) is 2. The molecule has 26 heavy (non-hydrogen) atoms. The average molecular weight is 368 g/mol. The topological polar surface area (TPSA) is 79.3 Å². The molecule has 1 N–H and O–H groups in total. The molecule has 3 aliphatic rings. The second-order valence-electron chi connectivity index (χ2n) is 7.68. The Morgan fingerprint density at radius 2 is 1.85 bits per heavy atom. The van der Waals surface area contributed by atoms with Crippen molar-refractivity contribution < 1.29 is 24.2 Å². The molecule has 3 saturated heterocycles. The number of piperidine rings is 1. The lowest BCUT2D eigenvalue weighted by atomic mass is 9.94. The molecule has 0 spiro atoms. The molecule has 7 heteroatoms.